The van der Waals surface area contributed by atoms with E-state index < -0.39 is 15.6 Å². The molecule has 1 spiro atoms. The Balaban J connectivity index is 1.36. The highest BCUT2D eigenvalue weighted by atomic mass is 32.2. The molecule has 34 heavy (non-hydrogen) atoms. The summed E-state index contributed by atoms with van der Waals surface area (Å²) in [6, 6.07) is 5.52. The van der Waals surface area contributed by atoms with E-state index in [2.05, 4.69) is 10.6 Å². The minimum Gasteiger partial charge on any atom is -0.326 e. The van der Waals surface area contributed by atoms with E-state index in [4.69, 9.17) is 4.99 Å². The molecule has 186 valence electrons. The number of carbonyl (C=O) groups excluding carboxylic acids is 2. The third-order valence-corrected chi connectivity index (χ3v) is 9.35. The summed E-state index contributed by atoms with van der Waals surface area (Å²) in [5.74, 6) is 0.982. The fraction of sp³-hybridized carbons (Fsp3) is 0.640. The van der Waals surface area contributed by atoms with Crippen molar-refractivity contribution in [3.63, 3.8) is 0 Å². The molecule has 0 unspecified atom stereocenters. The molecular formula is C25H36N4O4S. The third-order valence-electron chi connectivity index (χ3n) is 7.48. The summed E-state index contributed by atoms with van der Waals surface area (Å²) in [6.45, 7) is 4.01. The summed E-state index contributed by atoms with van der Waals surface area (Å²) in [4.78, 5) is 29.0. The molecule has 2 fully saturated rings. The molecule has 9 heteroatoms. The fourth-order valence-electron chi connectivity index (χ4n) is 5.39. The molecule has 2 N–H and O–H groups in total. The molecule has 3 aliphatic rings. The van der Waals surface area contributed by atoms with Crippen molar-refractivity contribution in [2.24, 2.45) is 10.9 Å². The number of aliphatic imine (C=N–C) groups is 1. The number of hydrogen-bond acceptors (Lipinski definition) is 5. The number of carbonyl (C=O) groups is 2. The van der Waals surface area contributed by atoms with E-state index in [1.807, 2.05) is 19.1 Å². The molecule has 1 aromatic carbocycles. The number of sulfonamides is 1. The van der Waals surface area contributed by atoms with Crippen LogP contribution in [0.5, 0.6) is 0 Å². The van der Waals surface area contributed by atoms with E-state index in [9.17, 15) is 18.0 Å². The van der Waals surface area contributed by atoms with E-state index in [-0.39, 0.29) is 17.6 Å². The average Bonchev–Trinajstić information content (AvgIpc) is 2.96. The van der Waals surface area contributed by atoms with Crippen molar-refractivity contribution < 1.29 is 18.0 Å². The Bertz CT molecular complexity index is 1070. The second-order valence-electron chi connectivity index (χ2n) is 9.96. The van der Waals surface area contributed by atoms with Gasteiger partial charge in [-0.3, -0.25) is 14.6 Å². The molecule has 0 atom stereocenters. The first-order chi connectivity index (χ1) is 16.2. The van der Waals surface area contributed by atoms with Gasteiger partial charge in [-0.15, -0.1) is 0 Å². The first-order valence-corrected chi connectivity index (χ1v) is 14.1. The zero-order valence-electron chi connectivity index (χ0n) is 20.2. The van der Waals surface area contributed by atoms with Crippen molar-refractivity contribution in [1.29, 1.82) is 0 Å². The van der Waals surface area contributed by atoms with Crippen LogP contribution in [0.1, 0.15) is 69.4 Å². The van der Waals surface area contributed by atoms with Gasteiger partial charge in [0.25, 0.3) is 5.91 Å². The lowest BCUT2D eigenvalue weighted by atomic mass is 9.89. The molecule has 1 saturated carbocycles. The third kappa shape index (κ3) is 5.51. The predicted molar refractivity (Wildman–Crippen MR) is 133 cm³/mol. The monoisotopic (exact) mass is 488 g/mol. The normalized spacial score (nSPS) is 21.7. The Hall–Kier alpha value is -2.26. The van der Waals surface area contributed by atoms with Gasteiger partial charge >= 0.3 is 0 Å². The topological polar surface area (TPSA) is 108 Å². The molecule has 1 aliphatic carbocycles. The summed E-state index contributed by atoms with van der Waals surface area (Å²) in [7, 11) is -3.45. The van der Waals surface area contributed by atoms with E-state index in [1.165, 1.54) is 36.9 Å². The number of aryl methyl sites for hydroxylation is 2. The molecule has 1 saturated heterocycles. The number of nitrogens with one attached hydrogen (secondary N) is 2. The zero-order chi connectivity index (χ0) is 24.3. The van der Waals surface area contributed by atoms with Crippen LogP contribution in [0.25, 0.3) is 0 Å². The summed E-state index contributed by atoms with van der Waals surface area (Å²) in [5.41, 5.74) is 1.79. The molecule has 0 bridgehead atoms. The van der Waals surface area contributed by atoms with Gasteiger partial charge < -0.3 is 10.6 Å². The van der Waals surface area contributed by atoms with Crippen molar-refractivity contribution in [2.45, 2.75) is 77.2 Å². The van der Waals surface area contributed by atoms with E-state index in [1.54, 1.807) is 6.07 Å². The lowest BCUT2D eigenvalue weighted by Gasteiger charge is -2.34. The number of benzene rings is 1. The van der Waals surface area contributed by atoms with E-state index >= 15 is 0 Å². The summed E-state index contributed by atoms with van der Waals surface area (Å²) in [5, 5.41) is 5.79. The maximum absolute atomic E-state index is 13.0. The summed E-state index contributed by atoms with van der Waals surface area (Å²) < 4.78 is 27.6. The summed E-state index contributed by atoms with van der Waals surface area (Å²) >= 11 is 0. The van der Waals surface area contributed by atoms with Crippen molar-refractivity contribution in [1.82, 2.24) is 9.62 Å². The minimum absolute atomic E-state index is 0.0170. The standard InChI is InChI=1S/C25H36N4O4S/c1-18-17-22(26-19(2)30)10-9-20(18)11-16-34(32,33)29-14-12-25(13-15-29)24(31)27-23(28-25)21-7-5-3-4-6-8-21/h9-10,17,21H,3-8,11-16H2,1-2H3,(H,26,30)(H,27,28,31). The molecule has 0 radical (unpaired) electrons. The highest BCUT2D eigenvalue weighted by Gasteiger charge is 2.48. The number of anilines is 1. The largest absolute Gasteiger partial charge is 0.326 e. The first kappa shape index (κ1) is 24.9. The fourth-order valence-corrected chi connectivity index (χ4v) is 6.86. The average molecular weight is 489 g/mol. The van der Waals surface area contributed by atoms with Gasteiger partial charge in [0.05, 0.1) is 5.75 Å². The predicted octanol–water partition coefficient (Wildman–Crippen LogP) is 3.16. The number of nitrogens with zero attached hydrogens (tertiary/aromatic N) is 2. The van der Waals surface area contributed by atoms with Crippen molar-refractivity contribution >= 4 is 33.4 Å². The lowest BCUT2D eigenvalue weighted by molar-refractivity contribution is -0.125. The lowest BCUT2D eigenvalue weighted by Crippen LogP contribution is -2.51. The van der Waals surface area contributed by atoms with Gasteiger partial charge in [-0.1, -0.05) is 31.7 Å². The maximum Gasteiger partial charge on any atom is 0.253 e. The SMILES string of the molecule is CC(=O)Nc1ccc(CCS(=O)(=O)N2CCC3(CC2)N=C(C2CCCCCC2)NC3=O)c(C)c1. The summed E-state index contributed by atoms with van der Waals surface area (Å²) in [6.07, 6.45) is 8.24. The van der Waals surface area contributed by atoms with Crippen LogP contribution in [-0.2, 0) is 26.0 Å². The second kappa shape index (κ2) is 10.2. The van der Waals surface area contributed by atoms with Crippen molar-refractivity contribution in [2.75, 3.05) is 24.2 Å². The number of rotatable bonds is 6. The second-order valence-corrected chi connectivity index (χ2v) is 12.0. The van der Waals surface area contributed by atoms with E-state index in [0.717, 1.165) is 29.8 Å². The van der Waals surface area contributed by atoms with Crippen LogP contribution < -0.4 is 10.6 Å². The van der Waals surface area contributed by atoms with Gasteiger partial charge in [-0.05, 0) is 62.3 Å². The Morgan fingerprint density at radius 2 is 1.85 bits per heavy atom. The van der Waals surface area contributed by atoms with Crippen LogP contribution >= 0.6 is 0 Å². The molecule has 0 aromatic heterocycles. The van der Waals surface area contributed by atoms with Gasteiger partial charge in [0, 0.05) is 31.6 Å². The van der Waals surface area contributed by atoms with Gasteiger partial charge in [0.2, 0.25) is 15.9 Å². The molecule has 1 aromatic rings. The molecule has 2 amide bonds. The highest BCUT2D eigenvalue weighted by Crippen LogP contribution is 2.34. The number of amidine groups is 1. The number of hydrogen-bond donors (Lipinski definition) is 2. The van der Waals surface area contributed by atoms with Crippen LogP contribution in [0.2, 0.25) is 0 Å². The quantitative estimate of drug-likeness (QED) is 0.600. The van der Waals surface area contributed by atoms with Crippen LogP contribution in [0.15, 0.2) is 23.2 Å². The smallest absolute Gasteiger partial charge is 0.253 e. The Labute approximate surface area is 202 Å². The molecular weight excluding hydrogens is 452 g/mol. The van der Waals surface area contributed by atoms with Crippen LogP contribution in [-0.4, -0.2) is 54.8 Å². The molecule has 2 heterocycles. The van der Waals surface area contributed by atoms with Gasteiger partial charge in [0.15, 0.2) is 0 Å². The maximum atomic E-state index is 13.0. The molecule has 8 nitrogen and oxygen atoms in total. The highest BCUT2D eigenvalue weighted by molar-refractivity contribution is 7.89. The van der Waals surface area contributed by atoms with Crippen LogP contribution in [0.4, 0.5) is 5.69 Å². The number of amides is 2. The molecule has 2 aliphatic heterocycles. The van der Waals surface area contributed by atoms with Crippen molar-refractivity contribution in [3.8, 4) is 0 Å². The van der Waals surface area contributed by atoms with Gasteiger partial charge in [-0.2, -0.15) is 0 Å². The molecule has 4 rings (SSSR count). The Morgan fingerprint density at radius 1 is 1.18 bits per heavy atom. The van der Waals surface area contributed by atoms with Gasteiger partial charge in [-0.25, -0.2) is 12.7 Å². The van der Waals surface area contributed by atoms with Crippen molar-refractivity contribution in [3.05, 3.63) is 29.3 Å². The van der Waals surface area contributed by atoms with E-state index in [0.29, 0.717) is 44.0 Å². The Morgan fingerprint density at radius 3 is 2.47 bits per heavy atom. The Kier molecular flexibility index (Phi) is 7.42. The zero-order valence-corrected chi connectivity index (χ0v) is 21.0. The van der Waals surface area contributed by atoms with Crippen LogP contribution in [0, 0.1) is 12.8 Å². The van der Waals surface area contributed by atoms with Crippen LogP contribution in [0.3, 0.4) is 0 Å². The minimum atomic E-state index is -3.45. The number of piperidine rings is 1. The van der Waals surface area contributed by atoms with Gasteiger partial charge in [0.1, 0.15) is 11.4 Å². The first-order valence-electron chi connectivity index (χ1n) is 12.4.